The second-order valence-corrected chi connectivity index (χ2v) is 38.9. The number of carbonyl (C=O) groups is 9. The molecule has 5 aliphatic heterocycles. The Kier molecular flexibility index (Phi) is 38.0. The molecule has 10 fully saturated rings. The number of likely N-dealkylation sites (tertiary alicyclic amines) is 4. The molecule has 0 radical (unpaired) electrons. The van der Waals surface area contributed by atoms with Crippen LogP contribution in [-0.4, -0.2) is 279 Å². The van der Waals surface area contributed by atoms with Crippen LogP contribution in [-0.2, 0) is 28.4 Å². The second-order valence-electron chi connectivity index (χ2n) is 38.5. The zero-order valence-corrected chi connectivity index (χ0v) is 77.2. The first-order valence-corrected chi connectivity index (χ1v) is 43.4. The summed E-state index contributed by atoms with van der Waals surface area (Å²) in [4.78, 5) is 152. The van der Waals surface area contributed by atoms with Gasteiger partial charge in [-0.05, 0) is 238 Å². The smallest absolute Gasteiger partial charge is 0.870 e. The van der Waals surface area contributed by atoms with Crippen molar-refractivity contribution >= 4 is 89.5 Å². The van der Waals surface area contributed by atoms with Crippen molar-refractivity contribution in [2.24, 2.45) is 32.8 Å². The number of hydrogen-bond acceptors (Lipinski definition) is 32. The van der Waals surface area contributed by atoms with Crippen LogP contribution in [0.25, 0.3) is 0 Å². The molecule has 0 unspecified atom stereocenters. The Morgan fingerprint density at radius 1 is 0.419 bits per heavy atom. The Morgan fingerprint density at radius 2 is 0.667 bits per heavy atom. The molecule has 39 nitrogen and oxygen atoms in total. The van der Waals surface area contributed by atoms with E-state index < -0.39 is 40.3 Å². The molecule has 10 aliphatic rings. The summed E-state index contributed by atoms with van der Waals surface area (Å²) in [5.41, 5.74) is 6.98. The van der Waals surface area contributed by atoms with E-state index in [1.54, 1.807) is 45.2 Å². The number of esters is 2. The molecule has 5 saturated heterocycles. The number of ether oxygens (including phenoxy) is 6. The minimum absolute atomic E-state index is 0. The number of rotatable bonds is 15. The molecular weight excluding hydrogens is 1680 g/mol. The standard InChI is InChI=1S/C19H28N4O4.C18H27N5O3.C17H24N4O4.C13H19N5O.C12H22N2O2.C7H7ClN2O2.2CH4.Li.H2O/c1-5-26-15(24)13-10-20-16(21-11-13)22-14-8-19(9-14)6-7-23(12-19)17(25)27-18(2,3)4;1-17(2,3)26-16(25)23-6-5-18(11-23)7-13(8-18)22-15-20-9-12(10-21-15)14(24)19-4;1-16(2,3)25-15(24)21-5-4-17(10-21)6-12(7-17)20-14-18-8-11(9-19-14)13(22)23;1-14-11(19)9-6-16-12(17-7-9)18-10-4-13(5-10)2-3-15-8-13;1-11(2,3)16-10(15)14-5-4-12(8-14)6-9(13)7-12;1-2-12-6(11)5-3-9-7(8)10-4-5;;;;/h10-11,14H,5-9,12H2,1-4H3,(H,20,21,22);9-10,13H,5-8,11H2,1-4H3,(H,19,24)(H,20,21,22);8-9,12H,4-7,10H2,1-3H3,(H,22,23)(H,18,19,20);6-7,10,15H,2-5,8H2,1H3,(H,14,19)(H,16,17,18);9H,4-8,13H2,1-3H3;3-4H,2H2,1H3;2*1H4;;1H2/q;;;;;;;;+1;/p-1. The SMILES string of the molecule is C.C.CC(C)(C)OC(=O)N1CCC2(CC(N)C2)C1.CC(C)(C)OC(=O)N1CCC2(CC(Nc3ncc(C(=O)O)cn3)C2)C1.CCOC(=O)c1cnc(Cl)nc1.CCOC(=O)c1cnc(NC2CC3(CCN(C(=O)OC(C)(C)C)C3)C2)nc1.CNC(=O)c1cnc(NC2CC3(CCN(C(=O)OC(C)(C)C)C3)C2)nc1.CNC(=O)c1cnc(NC2CC3(CCNC3)C2)nc1.[Li+].[OH-]. The summed E-state index contributed by atoms with van der Waals surface area (Å²) in [7, 11) is 3.17. The summed E-state index contributed by atoms with van der Waals surface area (Å²) in [6.07, 6.45) is 29.1. The molecule has 5 aromatic heterocycles. The van der Waals surface area contributed by atoms with Gasteiger partial charge in [0.25, 0.3) is 11.8 Å². The fraction of sp³-hybridized carbons (Fsp3) is 0.670. The summed E-state index contributed by atoms with van der Waals surface area (Å²) < 4.78 is 31.4. The second kappa shape index (κ2) is 45.6. The van der Waals surface area contributed by atoms with Gasteiger partial charge in [-0.3, -0.25) is 9.59 Å². The van der Waals surface area contributed by atoms with E-state index in [1.807, 2.05) is 97.8 Å². The van der Waals surface area contributed by atoms with E-state index in [0.717, 1.165) is 142 Å². The number of halogens is 1. The minimum Gasteiger partial charge on any atom is -0.870 e. The topological polar surface area (TPSA) is 511 Å². The van der Waals surface area contributed by atoms with Gasteiger partial charge in [-0.1, -0.05) is 14.9 Å². The van der Waals surface area contributed by atoms with Crippen LogP contribution >= 0.6 is 11.6 Å². The van der Waals surface area contributed by atoms with Gasteiger partial charge in [0.2, 0.25) is 29.1 Å². The fourth-order valence-corrected chi connectivity index (χ4v) is 17.6. The van der Waals surface area contributed by atoms with E-state index in [-0.39, 0.29) is 115 Å². The average Bonchev–Trinajstić information content (AvgIpc) is 1.66. The van der Waals surface area contributed by atoms with E-state index >= 15 is 0 Å². The van der Waals surface area contributed by atoms with Crippen LogP contribution in [0, 0.1) is 27.1 Å². The van der Waals surface area contributed by atoms with Crippen LogP contribution in [0.4, 0.5) is 43.0 Å². The molecule has 5 aliphatic carbocycles. The van der Waals surface area contributed by atoms with E-state index in [0.29, 0.717) is 88.2 Å². The Morgan fingerprint density at radius 3 is 0.899 bits per heavy atom. The van der Waals surface area contributed by atoms with Crippen molar-refractivity contribution in [3.63, 3.8) is 0 Å². The number of aromatic nitrogens is 10. The third-order valence-electron chi connectivity index (χ3n) is 23.3. The molecule has 15 rings (SSSR count). The summed E-state index contributed by atoms with van der Waals surface area (Å²) in [5, 5.41) is 30.6. The van der Waals surface area contributed by atoms with Gasteiger partial charge in [0.15, 0.2) is 0 Å². The van der Waals surface area contributed by atoms with Crippen LogP contribution in [0.15, 0.2) is 62.0 Å². The molecule has 6 amide bonds. The maximum atomic E-state index is 12.2. The van der Waals surface area contributed by atoms with Gasteiger partial charge in [0.1, 0.15) is 22.4 Å². The number of carboxylic acids is 1. The molecule has 0 atom stereocenters. The Labute approximate surface area is 774 Å². The average molecular weight is 1820 g/mol. The molecule has 5 aromatic rings. The first kappa shape index (κ1) is 108. The summed E-state index contributed by atoms with van der Waals surface area (Å²) in [6, 6.07) is 1.62. The number of carbonyl (C=O) groups excluding carboxylic acids is 8. The molecule has 5 saturated carbocycles. The van der Waals surface area contributed by atoms with Crippen molar-refractivity contribution in [2.75, 3.05) is 114 Å². The van der Waals surface area contributed by atoms with Gasteiger partial charge in [-0.15, -0.1) is 0 Å². The zero-order valence-electron chi connectivity index (χ0n) is 76.5. The largest absolute Gasteiger partial charge is 1.00 e. The zero-order chi connectivity index (χ0) is 91.1. The number of anilines is 4. The third kappa shape index (κ3) is 31.3. The van der Waals surface area contributed by atoms with Crippen molar-refractivity contribution in [1.29, 1.82) is 0 Å². The molecule has 41 heteroatoms. The van der Waals surface area contributed by atoms with Crippen LogP contribution in [0.5, 0.6) is 0 Å². The first-order valence-electron chi connectivity index (χ1n) is 43.0. The van der Waals surface area contributed by atoms with Gasteiger partial charge in [-0.25, -0.2) is 83.4 Å². The Hall–Kier alpha value is -10.2. The predicted molar refractivity (Wildman–Crippen MR) is 479 cm³/mol. The van der Waals surface area contributed by atoms with Crippen molar-refractivity contribution in [3.05, 3.63) is 95.1 Å². The van der Waals surface area contributed by atoms with Gasteiger partial charge in [0, 0.05) is 165 Å². The molecule has 0 bridgehead atoms. The molecule has 0 aromatic carbocycles. The fourth-order valence-electron chi connectivity index (χ4n) is 17.5. The van der Waals surface area contributed by atoms with Gasteiger partial charge in [-0.2, -0.15) is 0 Å². The summed E-state index contributed by atoms with van der Waals surface area (Å²) >= 11 is 5.42. The number of nitrogens with one attached hydrogen (secondary N) is 7. The maximum Gasteiger partial charge on any atom is 1.00 e. The molecular formula is C88H136ClLiN22O17. The summed E-state index contributed by atoms with van der Waals surface area (Å²) in [6.45, 7) is 35.1. The van der Waals surface area contributed by atoms with Crippen LogP contribution in [0.3, 0.4) is 0 Å². The van der Waals surface area contributed by atoms with Crippen LogP contribution < -0.4 is 61.8 Å². The van der Waals surface area contributed by atoms with Gasteiger partial charge in [0.05, 0.1) is 41.0 Å². The van der Waals surface area contributed by atoms with Gasteiger partial charge >= 0.3 is 61.1 Å². The molecule has 10 heterocycles. The Bertz CT molecular complexity index is 4500. The number of aromatic carboxylic acids is 1. The Balaban J connectivity index is 0.000000241. The molecule has 129 heavy (non-hydrogen) atoms. The number of amides is 6. The van der Waals surface area contributed by atoms with Gasteiger partial charge < -0.3 is 102 Å². The quantitative estimate of drug-likeness (QED) is 0.0204. The number of hydrogen-bond donors (Lipinski definition) is 9. The number of carboxylic acid groups (broad SMARTS) is 1. The van der Waals surface area contributed by atoms with Crippen molar-refractivity contribution in [3.8, 4) is 0 Å². The monoisotopic (exact) mass is 1820 g/mol. The minimum atomic E-state index is -1.04. The van der Waals surface area contributed by atoms with Crippen LogP contribution in [0.2, 0.25) is 5.28 Å². The number of nitrogens with zero attached hydrogens (tertiary/aromatic N) is 14. The normalized spacial score (nSPS) is 24.5. The van der Waals surface area contributed by atoms with E-state index in [4.69, 9.17) is 50.9 Å². The van der Waals surface area contributed by atoms with Crippen molar-refractivity contribution in [1.82, 2.24) is 85.4 Å². The predicted octanol–water partition coefficient (Wildman–Crippen LogP) is 8.80. The van der Waals surface area contributed by atoms with E-state index in [2.05, 4.69) is 87.1 Å². The molecule has 11 N–H and O–H groups in total. The first-order chi connectivity index (χ1) is 58.8. The van der Waals surface area contributed by atoms with E-state index in [1.165, 1.54) is 68.8 Å². The van der Waals surface area contributed by atoms with E-state index in [9.17, 15) is 43.2 Å². The summed E-state index contributed by atoms with van der Waals surface area (Å²) in [5.74, 6) is -0.176. The van der Waals surface area contributed by atoms with Crippen molar-refractivity contribution < 1.29 is 101 Å². The number of nitrogens with two attached hydrogens (primary N) is 1. The molecule has 708 valence electrons. The molecule has 5 spiro atoms. The maximum absolute atomic E-state index is 12.2. The van der Waals surface area contributed by atoms with Crippen LogP contribution in [0.1, 0.15) is 260 Å². The van der Waals surface area contributed by atoms with Crippen molar-refractivity contribution in [2.45, 2.75) is 261 Å². The third-order valence-corrected chi connectivity index (χ3v) is 23.5.